The number of nitro benzene ring substituents is 1. The van der Waals surface area contributed by atoms with E-state index in [0.29, 0.717) is 23.2 Å². The Morgan fingerprint density at radius 3 is 2.55 bits per heavy atom. The summed E-state index contributed by atoms with van der Waals surface area (Å²) in [6.45, 7) is 5.07. The molecular formula is C15H21ClN2O2. The predicted octanol–water partition coefficient (Wildman–Crippen LogP) is 4.16. The maximum absolute atomic E-state index is 11.0. The average molecular weight is 297 g/mol. The third kappa shape index (κ3) is 3.93. The Hall–Kier alpha value is -1.13. The summed E-state index contributed by atoms with van der Waals surface area (Å²) in [6.07, 6.45) is 3.57. The first-order valence-electron chi connectivity index (χ1n) is 7.12. The fourth-order valence-corrected chi connectivity index (χ4v) is 3.39. The molecule has 1 aliphatic rings. The number of hydrogen-bond donors (Lipinski definition) is 1. The minimum Gasteiger partial charge on any atom is -0.310 e. The molecule has 0 aromatic heterocycles. The van der Waals surface area contributed by atoms with Gasteiger partial charge in [-0.25, -0.2) is 0 Å². The van der Waals surface area contributed by atoms with Gasteiger partial charge >= 0.3 is 0 Å². The summed E-state index contributed by atoms with van der Waals surface area (Å²) in [7, 11) is 0. The molecule has 20 heavy (non-hydrogen) atoms. The molecule has 2 atom stereocenters. The number of nitrogens with one attached hydrogen (secondary N) is 1. The highest BCUT2D eigenvalue weighted by Gasteiger charge is 2.24. The molecule has 2 unspecified atom stereocenters. The van der Waals surface area contributed by atoms with Gasteiger partial charge in [-0.05, 0) is 43.2 Å². The summed E-state index contributed by atoms with van der Waals surface area (Å²) in [4.78, 5) is 10.7. The molecule has 1 aromatic carbocycles. The van der Waals surface area contributed by atoms with Crippen molar-refractivity contribution in [2.24, 2.45) is 11.8 Å². The highest BCUT2D eigenvalue weighted by Crippen LogP contribution is 2.29. The van der Waals surface area contributed by atoms with E-state index in [4.69, 9.17) is 11.6 Å². The Kier molecular flexibility index (Phi) is 5.00. The number of rotatable bonds is 4. The van der Waals surface area contributed by atoms with Crippen LogP contribution in [-0.4, -0.2) is 11.0 Å². The molecule has 5 heteroatoms. The van der Waals surface area contributed by atoms with Crippen LogP contribution in [0, 0.1) is 22.0 Å². The molecule has 0 saturated heterocycles. The third-order valence-corrected chi connectivity index (χ3v) is 4.24. The van der Waals surface area contributed by atoms with Crippen molar-refractivity contribution in [3.63, 3.8) is 0 Å². The Morgan fingerprint density at radius 1 is 1.30 bits per heavy atom. The fourth-order valence-electron chi connectivity index (χ4n) is 3.22. The van der Waals surface area contributed by atoms with Crippen LogP contribution in [0.5, 0.6) is 0 Å². The lowest BCUT2D eigenvalue weighted by Crippen LogP contribution is -2.36. The number of nitro groups is 1. The van der Waals surface area contributed by atoms with Gasteiger partial charge in [-0.2, -0.15) is 0 Å². The maximum atomic E-state index is 11.0. The van der Waals surface area contributed by atoms with E-state index in [1.54, 1.807) is 12.1 Å². The highest BCUT2D eigenvalue weighted by molar-refractivity contribution is 6.30. The van der Waals surface area contributed by atoms with Crippen molar-refractivity contribution in [2.75, 3.05) is 0 Å². The van der Waals surface area contributed by atoms with Crippen molar-refractivity contribution in [3.8, 4) is 0 Å². The summed E-state index contributed by atoms with van der Waals surface area (Å²) in [5.74, 6) is 1.44. The molecule has 0 amide bonds. The molecule has 1 saturated carbocycles. The van der Waals surface area contributed by atoms with Crippen LogP contribution in [0.2, 0.25) is 5.02 Å². The van der Waals surface area contributed by atoms with Gasteiger partial charge in [0.05, 0.1) is 4.92 Å². The van der Waals surface area contributed by atoms with Crippen LogP contribution in [-0.2, 0) is 6.54 Å². The largest absolute Gasteiger partial charge is 0.310 e. The Morgan fingerprint density at radius 2 is 1.95 bits per heavy atom. The standard InChI is InChI=1S/C15H21ClN2O2/c1-10-5-11(2)7-14(6-10)17-9-12-3-4-13(16)8-15(12)18(19)20/h3-4,8,10-11,14,17H,5-7,9H2,1-2H3. The molecule has 0 aliphatic heterocycles. The van der Waals surface area contributed by atoms with Gasteiger partial charge in [0.1, 0.15) is 0 Å². The molecule has 110 valence electrons. The second kappa shape index (κ2) is 6.55. The van der Waals surface area contributed by atoms with Crippen molar-refractivity contribution < 1.29 is 4.92 Å². The van der Waals surface area contributed by atoms with Gasteiger partial charge < -0.3 is 5.32 Å². The molecule has 2 rings (SSSR count). The zero-order valence-electron chi connectivity index (χ0n) is 11.9. The summed E-state index contributed by atoms with van der Waals surface area (Å²) in [5.41, 5.74) is 0.798. The summed E-state index contributed by atoms with van der Waals surface area (Å²) < 4.78 is 0. The van der Waals surface area contributed by atoms with Gasteiger partial charge in [0.25, 0.3) is 5.69 Å². The van der Waals surface area contributed by atoms with Crippen LogP contribution in [0.1, 0.15) is 38.7 Å². The lowest BCUT2D eigenvalue weighted by atomic mass is 9.80. The van der Waals surface area contributed by atoms with Crippen molar-refractivity contribution in [1.29, 1.82) is 0 Å². The van der Waals surface area contributed by atoms with Gasteiger partial charge in [0, 0.05) is 29.2 Å². The minimum atomic E-state index is -0.366. The quantitative estimate of drug-likeness (QED) is 0.670. The van der Waals surface area contributed by atoms with Gasteiger partial charge in [0.15, 0.2) is 0 Å². The molecule has 1 N–H and O–H groups in total. The molecular weight excluding hydrogens is 276 g/mol. The summed E-state index contributed by atoms with van der Waals surface area (Å²) in [5, 5.41) is 14.9. The number of hydrogen-bond acceptors (Lipinski definition) is 3. The Labute approximate surface area is 124 Å². The van der Waals surface area contributed by atoms with Crippen LogP contribution >= 0.6 is 11.6 Å². The number of halogens is 1. The van der Waals surface area contributed by atoms with E-state index in [-0.39, 0.29) is 10.6 Å². The lowest BCUT2D eigenvalue weighted by Gasteiger charge is -2.32. The molecule has 1 aliphatic carbocycles. The predicted molar refractivity (Wildman–Crippen MR) is 80.9 cm³/mol. The van der Waals surface area contributed by atoms with E-state index >= 15 is 0 Å². The monoisotopic (exact) mass is 296 g/mol. The normalized spacial score (nSPS) is 26.4. The van der Waals surface area contributed by atoms with Gasteiger partial charge in [0.2, 0.25) is 0 Å². The fraction of sp³-hybridized carbons (Fsp3) is 0.600. The third-order valence-electron chi connectivity index (χ3n) is 4.00. The van der Waals surface area contributed by atoms with Crippen LogP contribution < -0.4 is 5.32 Å². The van der Waals surface area contributed by atoms with Crippen LogP contribution in [0.4, 0.5) is 5.69 Å². The second-order valence-corrected chi connectivity index (χ2v) is 6.46. The Bertz CT molecular complexity index is 483. The van der Waals surface area contributed by atoms with E-state index in [0.717, 1.165) is 24.7 Å². The van der Waals surface area contributed by atoms with Gasteiger partial charge in [-0.15, -0.1) is 0 Å². The van der Waals surface area contributed by atoms with Crippen molar-refractivity contribution in [3.05, 3.63) is 38.9 Å². The second-order valence-electron chi connectivity index (χ2n) is 6.03. The first-order valence-corrected chi connectivity index (χ1v) is 7.49. The molecule has 0 heterocycles. The van der Waals surface area contributed by atoms with Gasteiger partial charge in [-0.3, -0.25) is 10.1 Å². The minimum absolute atomic E-state index is 0.0990. The van der Waals surface area contributed by atoms with Crippen LogP contribution in [0.15, 0.2) is 18.2 Å². The van der Waals surface area contributed by atoms with Gasteiger partial charge in [-0.1, -0.05) is 25.4 Å². The van der Waals surface area contributed by atoms with E-state index < -0.39 is 0 Å². The van der Waals surface area contributed by atoms with Crippen molar-refractivity contribution in [2.45, 2.75) is 45.7 Å². The zero-order chi connectivity index (χ0) is 14.7. The maximum Gasteiger partial charge on any atom is 0.275 e. The highest BCUT2D eigenvalue weighted by atomic mass is 35.5. The molecule has 1 fully saturated rings. The lowest BCUT2D eigenvalue weighted by molar-refractivity contribution is -0.385. The van der Waals surface area contributed by atoms with Crippen LogP contribution in [0.3, 0.4) is 0 Å². The van der Waals surface area contributed by atoms with E-state index in [2.05, 4.69) is 19.2 Å². The van der Waals surface area contributed by atoms with E-state index in [1.807, 2.05) is 0 Å². The Balaban J connectivity index is 2.02. The molecule has 0 bridgehead atoms. The first kappa shape index (κ1) is 15.3. The van der Waals surface area contributed by atoms with Crippen molar-refractivity contribution in [1.82, 2.24) is 5.32 Å². The topological polar surface area (TPSA) is 55.2 Å². The number of benzene rings is 1. The van der Waals surface area contributed by atoms with Crippen LogP contribution in [0.25, 0.3) is 0 Å². The average Bonchev–Trinajstić information content (AvgIpc) is 2.36. The molecule has 4 nitrogen and oxygen atoms in total. The smallest absolute Gasteiger partial charge is 0.275 e. The first-order chi connectivity index (χ1) is 9.45. The molecule has 0 spiro atoms. The zero-order valence-corrected chi connectivity index (χ0v) is 12.7. The SMILES string of the molecule is CC1CC(C)CC(NCc2ccc(Cl)cc2[N+](=O)[O-])C1. The molecule has 0 radical (unpaired) electrons. The summed E-state index contributed by atoms with van der Waals surface area (Å²) >= 11 is 5.82. The number of nitrogens with zero attached hydrogens (tertiary/aromatic N) is 1. The van der Waals surface area contributed by atoms with E-state index in [1.165, 1.54) is 12.5 Å². The molecule has 1 aromatic rings. The summed E-state index contributed by atoms with van der Waals surface area (Å²) in [6, 6.07) is 5.31. The van der Waals surface area contributed by atoms with Crippen molar-refractivity contribution >= 4 is 17.3 Å². The van der Waals surface area contributed by atoms with E-state index in [9.17, 15) is 10.1 Å².